The zero-order valence-corrected chi connectivity index (χ0v) is 17.1. The third kappa shape index (κ3) is 4.55. The molecular weight excluding hydrogens is 400 g/mol. The number of carbonyl (C=O) groups is 2. The summed E-state index contributed by atoms with van der Waals surface area (Å²) in [5, 5.41) is 12.1. The van der Waals surface area contributed by atoms with Gasteiger partial charge < -0.3 is 9.64 Å². The second kappa shape index (κ2) is 8.87. The molecule has 0 bridgehead atoms. The lowest BCUT2D eigenvalue weighted by molar-refractivity contribution is -0.117. The van der Waals surface area contributed by atoms with Gasteiger partial charge in [-0.1, -0.05) is 41.7 Å². The van der Waals surface area contributed by atoms with Crippen LogP contribution < -0.4 is 15.0 Å². The normalized spacial score (nSPS) is 16.2. The Morgan fingerprint density at radius 1 is 1.17 bits per heavy atom. The van der Waals surface area contributed by atoms with Crippen molar-refractivity contribution in [3.63, 3.8) is 0 Å². The molecule has 1 aliphatic heterocycles. The average Bonchev–Trinajstić information content (AvgIpc) is 3.39. The van der Waals surface area contributed by atoms with E-state index in [1.165, 1.54) is 17.4 Å². The predicted molar refractivity (Wildman–Crippen MR) is 117 cm³/mol. The maximum atomic E-state index is 12.4. The SMILES string of the molecule is COc1ccc(/C=C/C(=O)Nc2nnc(C3CC(=O)N(c4ccccc4)C3)s2)cc1. The summed E-state index contributed by atoms with van der Waals surface area (Å²) in [5.41, 5.74) is 1.76. The maximum absolute atomic E-state index is 12.4. The number of nitrogens with zero attached hydrogens (tertiary/aromatic N) is 3. The predicted octanol–water partition coefficient (Wildman–Crippen LogP) is 3.72. The number of rotatable bonds is 6. The molecule has 2 heterocycles. The van der Waals surface area contributed by atoms with Gasteiger partial charge in [0.05, 0.1) is 7.11 Å². The number of carbonyl (C=O) groups excluding carboxylic acids is 2. The first kappa shape index (κ1) is 19.8. The molecular formula is C22H20N4O3S. The highest BCUT2D eigenvalue weighted by Crippen LogP contribution is 2.34. The van der Waals surface area contributed by atoms with E-state index in [1.54, 1.807) is 18.1 Å². The second-order valence-corrected chi connectivity index (χ2v) is 7.79. The van der Waals surface area contributed by atoms with Crippen LogP contribution in [0.15, 0.2) is 60.7 Å². The number of hydrogen-bond donors (Lipinski definition) is 1. The lowest BCUT2D eigenvalue weighted by Gasteiger charge is -2.15. The van der Waals surface area contributed by atoms with Crippen LogP contribution in [0.4, 0.5) is 10.8 Å². The van der Waals surface area contributed by atoms with Crippen molar-refractivity contribution in [1.82, 2.24) is 10.2 Å². The van der Waals surface area contributed by atoms with Crippen molar-refractivity contribution in [2.24, 2.45) is 0 Å². The van der Waals surface area contributed by atoms with Gasteiger partial charge in [-0.15, -0.1) is 10.2 Å². The van der Waals surface area contributed by atoms with Crippen molar-refractivity contribution in [3.05, 3.63) is 71.2 Å². The zero-order chi connectivity index (χ0) is 20.9. The summed E-state index contributed by atoms with van der Waals surface area (Å²) in [4.78, 5) is 26.3. The van der Waals surface area contributed by atoms with Gasteiger partial charge in [0.15, 0.2) is 0 Å². The summed E-state index contributed by atoms with van der Waals surface area (Å²) in [6.45, 7) is 0.558. The fourth-order valence-corrected chi connectivity index (χ4v) is 4.05. The van der Waals surface area contributed by atoms with Gasteiger partial charge in [-0.2, -0.15) is 0 Å². The van der Waals surface area contributed by atoms with E-state index in [4.69, 9.17) is 4.74 Å². The molecule has 1 N–H and O–H groups in total. The topological polar surface area (TPSA) is 84.4 Å². The van der Waals surface area contributed by atoms with Crippen molar-refractivity contribution in [2.75, 3.05) is 23.9 Å². The van der Waals surface area contributed by atoms with E-state index in [1.807, 2.05) is 54.6 Å². The van der Waals surface area contributed by atoms with Crippen molar-refractivity contribution < 1.29 is 14.3 Å². The van der Waals surface area contributed by atoms with Crippen LogP contribution in [-0.2, 0) is 9.59 Å². The summed E-state index contributed by atoms with van der Waals surface area (Å²) >= 11 is 1.30. The summed E-state index contributed by atoms with van der Waals surface area (Å²) < 4.78 is 5.12. The second-order valence-electron chi connectivity index (χ2n) is 6.78. The number of anilines is 2. The first-order valence-electron chi connectivity index (χ1n) is 9.44. The standard InChI is InChI=1S/C22H20N4O3S/c1-29-18-10-7-15(8-11-18)9-12-19(27)23-22-25-24-21(30-22)16-13-20(28)26(14-16)17-5-3-2-4-6-17/h2-12,16H,13-14H2,1H3,(H,23,25,27)/b12-9+. The number of methoxy groups -OCH3 is 1. The molecule has 1 unspecified atom stereocenters. The van der Waals surface area contributed by atoms with Crippen LogP contribution in [0.5, 0.6) is 5.75 Å². The monoisotopic (exact) mass is 420 g/mol. The molecule has 0 spiro atoms. The van der Waals surface area contributed by atoms with E-state index in [0.29, 0.717) is 18.1 Å². The minimum atomic E-state index is -0.290. The van der Waals surface area contributed by atoms with Crippen LogP contribution in [0.2, 0.25) is 0 Å². The summed E-state index contributed by atoms with van der Waals surface area (Å²) in [6.07, 6.45) is 3.54. The molecule has 1 aromatic heterocycles. The minimum absolute atomic E-state index is 0.0318. The Labute approximate surface area is 178 Å². The van der Waals surface area contributed by atoms with Gasteiger partial charge in [-0.3, -0.25) is 14.9 Å². The molecule has 0 saturated carbocycles. The van der Waals surface area contributed by atoms with E-state index in [-0.39, 0.29) is 17.7 Å². The molecule has 1 saturated heterocycles. The van der Waals surface area contributed by atoms with Gasteiger partial charge in [0, 0.05) is 30.6 Å². The molecule has 2 amide bonds. The quantitative estimate of drug-likeness (QED) is 0.615. The molecule has 3 aromatic rings. The lowest BCUT2D eigenvalue weighted by Crippen LogP contribution is -2.24. The van der Waals surface area contributed by atoms with E-state index in [2.05, 4.69) is 15.5 Å². The number of para-hydroxylation sites is 1. The first-order chi connectivity index (χ1) is 14.6. The van der Waals surface area contributed by atoms with Crippen LogP contribution in [0.25, 0.3) is 6.08 Å². The highest BCUT2D eigenvalue weighted by Gasteiger charge is 2.33. The van der Waals surface area contributed by atoms with Crippen LogP contribution in [0.1, 0.15) is 22.9 Å². The largest absolute Gasteiger partial charge is 0.497 e. The van der Waals surface area contributed by atoms with E-state index in [9.17, 15) is 9.59 Å². The number of ether oxygens (including phenoxy) is 1. The Kier molecular flexibility index (Phi) is 5.85. The molecule has 1 aliphatic rings. The van der Waals surface area contributed by atoms with Crippen LogP contribution in [0, 0.1) is 0 Å². The van der Waals surface area contributed by atoms with E-state index in [0.717, 1.165) is 22.0 Å². The smallest absolute Gasteiger partial charge is 0.250 e. The van der Waals surface area contributed by atoms with Gasteiger partial charge >= 0.3 is 0 Å². The third-order valence-corrected chi connectivity index (χ3v) is 5.76. The van der Waals surface area contributed by atoms with Crippen LogP contribution >= 0.6 is 11.3 Å². The molecule has 0 aliphatic carbocycles. The average molecular weight is 420 g/mol. The number of aromatic nitrogens is 2. The summed E-state index contributed by atoms with van der Waals surface area (Å²) in [7, 11) is 1.61. The van der Waals surface area contributed by atoms with Crippen molar-refractivity contribution in [3.8, 4) is 5.75 Å². The molecule has 7 nitrogen and oxygen atoms in total. The molecule has 152 valence electrons. The van der Waals surface area contributed by atoms with E-state index >= 15 is 0 Å². The van der Waals surface area contributed by atoms with Crippen molar-refractivity contribution in [2.45, 2.75) is 12.3 Å². The van der Waals surface area contributed by atoms with Crippen LogP contribution in [0.3, 0.4) is 0 Å². The van der Waals surface area contributed by atoms with Crippen molar-refractivity contribution in [1.29, 1.82) is 0 Å². The molecule has 2 aromatic carbocycles. The minimum Gasteiger partial charge on any atom is -0.497 e. The number of benzene rings is 2. The Bertz CT molecular complexity index is 1060. The maximum Gasteiger partial charge on any atom is 0.250 e. The highest BCUT2D eigenvalue weighted by molar-refractivity contribution is 7.15. The van der Waals surface area contributed by atoms with Gasteiger partial charge in [0.1, 0.15) is 10.8 Å². The molecule has 30 heavy (non-hydrogen) atoms. The molecule has 1 fully saturated rings. The van der Waals surface area contributed by atoms with Crippen molar-refractivity contribution >= 4 is 40.0 Å². The van der Waals surface area contributed by atoms with Crippen LogP contribution in [-0.4, -0.2) is 35.7 Å². The molecule has 1 atom stereocenters. The summed E-state index contributed by atoms with van der Waals surface area (Å²) in [5.74, 6) is 0.501. The molecule has 0 radical (unpaired) electrons. The Hall–Kier alpha value is -3.52. The number of nitrogens with one attached hydrogen (secondary N) is 1. The Morgan fingerprint density at radius 2 is 1.93 bits per heavy atom. The van der Waals surface area contributed by atoms with Gasteiger partial charge in [-0.05, 0) is 35.9 Å². The van der Waals surface area contributed by atoms with Gasteiger partial charge in [-0.25, -0.2) is 0 Å². The highest BCUT2D eigenvalue weighted by atomic mass is 32.1. The number of amides is 2. The Morgan fingerprint density at radius 3 is 2.67 bits per heavy atom. The third-order valence-electron chi connectivity index (χ3n) is 4.76. The Balaban J connectivity index is 1.36. The zero-order valence-electron chi connectivity index (χ0n) is 16.3. The molecule has 4 rings (SSSR count). The van der Waals surface area contributed by atoms with Gasteiger partial charge in [0.2, 0.25) is 16.9 Å². The fourth-order valence-electron chi connectivity index (χ4n) is 3.21. The summed E-state index contributed by atoms with van der Waals surface area (Å²) in [6, 6.07) is 17.0. The molecule has 8 heteroatoms. The fraction of sp³-hybridized carbons (Fsp3) is 0.182. The van der Waals surface area contributed by atoms with Gasteiger partial charge in [0.25, 0.3) is 0 Å². The van der Waals surface area contributed by atoms with E-state index < -0.39 is 0 Å². The lowest BCUT2D eigenvalue weighted by atomic mass is 10.1. The number of hydrogen-bond acceptors (Lipinski definition) is 6. The first-order valence-corrected chi connectivity index (χ1v) is 10.3.